The molecule has 7 aromatic carbocycles. The van der Waals surface area contributed by atoms with Crippen LogP contribution in [0.1, 0.15) is 23.4 Å². The van der Waals surface area contributed by atoms with Gasteiger partial charge in [-0.3, -0.25) is 4.98 Å². The van der Waals surface area contributed by atoms with Gasteiger partial charge in [-0.25, -0.2) is 15.0 Å². The molecule has 58 heavy (non-hydrogen) atoms. The van der Waals surface area contributed by atoms with Crippen LogP contribution in [0.25, 0.3) is 72.6 Å². The number of hydrogen-bond acceptors (Lipinski definition) is 4. The van der Waals surface area contributed by atoms with Crippen molar-refractivity contribution < 1.29 is 0 Å². The van der Waals surface area contributed by atoms with Crippen molar-refractivity contribution in [2.24, 2.45) is 0 Å². The SMILES string of the molecule is C1=CC(c2ccnc(-c3cccc4ccccc34)c2)(c2nc(-c3ccc(-c4ccccc4)cc3)nc(-c3ccc(-c4ccccc4)cc3)n2)CC(c2ccccc2)=C1. The number of fused-ring (bicyclic) bond motifs is 1. The number of pyridine rings is 1. The van der Waals surface area contributed by atoms with Crippen molar-refractivity contribution in [3.63, 3.8) is 0 Å². The van der Waals surface area contributed by atoms with Gasteiger partial charge in [-0.05, 0) is 68.3 Å². The molecule has 0 amide bonds. The van der Waals surface area contributed by atoms with Gasteiger partial charge in [0.2, 0.25) is 0 Å². The largest absolute Gasteiger partial charge is 0.256 e. The first-order valence-corrected chi connectivity index (χ1v) is 19.7. The van der Waals surface area contributed by atoms with Crippen LogP contribution in [0.3, 0.4) is 0 Å². The van der Waals surface area contributed by atoms with Gasteiger partial charge in [-0.2, -0.15) is 0 Å². The summed E-state index contributed by atoms with van der Waals surface area (Å²) < 4.78 is 0. The van der Waals surface area contributed by atoms with Crippen molar-refractivity contribution in [3.8, 4) is 56.3 Å². The molecule has 0 saturated heterocycles. The zero-order valence-corrected chi connectivity index (χ0v) is 31.8. The summed E-state index contributed by atoms with van der Waals surface area (Å²) in [5.41, 5.74) is 11.1. The third-order valence-electron chi connectivity index (χ3n) is 11.2. The van der Waals surface area contributed by atoms with Gasteiger partial charge in [0.05, 0.1) is 11.1 Å². The Hall–Kier alpha value is -7.56. The van der Waals surface area contributed by atoms with E-state index in [2.05, 4.69) is 200 Å². The quantitative estimate of drug-likeness (QED) is 0.156. The lowest BCUT2D eigenvalue weighted by molar-refractivity contribution is 0.604. The highest BCUT2D eigenvalue weighted by molar-refractivity contribution is 5.96. The minimum absolute atomic E-state index is 0.624. The molecule has 2 aromatic heterocycles. The molecule has 1 aliphatic rings. The van der Waals surface area contributed by atoms with Crippen LogP contribution in [0.2, 0.25) is 0 Å². The van der Waals surface area contributed by atoms with Crippen LogP contribution in [-0.4, -0.2) is 19.9 Å². The topological polar surface area (TPSA) is 51.6 Å². The summed E-state index contributed by atoms with van der Waals surface area (Å²) in [5, 5.41) is 2.34. The number of rotatable bonds is 8. The van der Waals surface area contributed by atoms with E-state index >= 15 is 0 Å². The van der Waals surface area contributed by atoms with Crippen molar-refractivity contribution in [3.05, 3.63) is 235 Å². The lowest BCUT2D eigenvalue weighted by Crippen LogP contribution is -2.31. The molecule has 1 atom stereocenters. The summed E-state index contributed by atoms with van der Waals surface area (Å²) >= 11 is 0. The van der Waals surface area contributed by atoms with Gasteiger partial charge < -0.3 is 0 Å². The zero-order chi connectivity index (χ0) is 38.7. The van der Waals surface area contributed by atoms with E-state index in [0.717, 1.165) is 55.6 Å². The van der Waals surface area contributed by atoms with E-state index in [-0.39, 0.29) is 0 Å². The molecule has 1 aliphatic carbocycles. The third kappa shape index (κ3) is 6.71. The minimum Gasteiger partial charge on any atom is -0.256 e. The smallest absolute Gasteiger partial charge is 0.163 e. The van der Waals surface area contributed by atoms with Gasteiger partial charge in [0.1, 0.15) is 5.82 Å². The molecule has 0 fully saturated rings. The van der Waals surface area contributed by atoms with Crippen LogP contribution in [0.15, 0.2) is 219 Å². The summed E-state index contributed by atoms with van der Waals surface area (Å²) in [5.74, 6) is 1.93. The van der Waals surface area contributed by atoms with E-state index < -0.39 is 5.41 Å². The second-order valence-corrected chi connectivity index (χ2v) is 14.7. The van der Waals surface area contributed by atoms with E-state index in [1.807, 2.05) is 18.3 Å². The third-order valence-corrected chi connectivity index (χ3v) is 11.2. The predicted molar refractivity (Wildman–Crippen MR) is 238 cm³/mol. The fourth-order valence-electron chi connectivity index (χ4n) is 8.10. The Kier molecular flexibility index (Phi) is 9.13. The maximum Gasteiger partial charge on any atom is 0.163 e. The summed E-state index contributed by atoms with van der Waals surface area (Å²) in [6, 6.07) is 67.8. The maximum absolute atomic E-state index is 5.43. The van der Waals surface area contributed by atoms with Gasteiger partial charge in [-0.15, -0.1) is 0 Å². The Bertz CT molecular complexity index is 2830. The van der Waals surface area contributed by atoms with Gasteiger partial charge in [0.25, 0.3) is 0 Å². The molecule has 10 rings (SSSR count). The predicted octanol–water partition coefficient (Wildman–Crippen LogP) is 13.1. The van der Waals surface area contributed by atoms with Gasteiger partial charge >= 0.3 is 0 Å². The van der Waals surface area contributed by atoms with Crippen LogP contribution in [0.4, 0.5) is 0 Å². The van der Waals surface area contributed by atoms with Crippen molar-refractivity contribution in [2.45, 2.75) is 11.8 Å². The van der Waals surface area contributed by atoms with Crippen molar-refractivity contribution in [2.75, 3.05) is 0 Å². The fourth-order valence-corrected chi connectivity index (χ4v) is 8.10. The molecule has 0 bridgehead atoms. The lowest BCUT2D eigenvalue weighted by atomic mass is 9.71. The zero-order valence-electron chi connectivity index (χ0n) is 31.8. The second-order valence-electron chi connectivity index (χ2n) is 14.7. The molecule has 1 unspecified atom stereocenters. The van der Waals surface area contributed by atoms with Crippen molar-refractivity contribution in [1.29, 1.82) is 0 Å². The molecule has 0 aliphatic heterocycles. The van der Waals surface area contributed by atoms with Crippen molar-refractivity contribution in [1.82, 2.24) is 19.9 Å². The first kappa shape index (κ1) is 34.9. The molecule has 9 aromatic rings. The average molecular weight is 743 g/mol. The summed E-state index contributed by atoms with van der Waals surface area (Å²) in [6.07, 6.45) is 9.22. The van der Waals surface area contributed by atoms with Gasteiger partial charge in [0.15, 0.2) is 11.6 Å². The Balaban J connectivity index is 1.16. The number of benzene rings is 7. The molecule has 2 heterocycles. The molecule has 0 saturated carbocycles. The molecule has 4 heteroatoms. The van der Waals surface area contributed by atoms with E-state index in [1.54, 1.807) is 0 Å². The number of allylic oxidation sites excluding steroid dienone is 4. The minimum atomic E-state index is -0.747. The van der Waals surface area contributed by atoms with Crippen LogP contribution in [-0.2, 0) is 5.41 Å². The van der Waals surface area contributed by atoms with Gasteiger partial charge in [0, 0.05) is 22.9 Å². The summed E-state index contributed by atoms with van der Waals surface area (Å²) in [6.45, 7) is 0. The highest BCUT2D eigenvalue weighted by Gasteiger charge is 2.39. The Morgan fingerprint density at radius 3 is 1.57 bits per heavy atom. The van der Waals surface area contributed by atoms with Crippen LogP contribution in [0.5, 0.6) is 0 Å². The molecular formula is C54H38N4. The highest BCUT2D eigenvalue weighted by atomic mass is 15.0. The van der Waals surface area contributed by atoms with Gasteiger partial charge in [-0.1, -0.05) is 200 Å². The maximum atomic E-state index is 5.43. The summed E-state index contributed by atoms with van der Waals surface area (Å²) in [4.78, 5) is 21.0. The Labute approximate surface area is 338 Å². The normalized spacial score (nSPS) is 14.9. The van der Waals surface area contributed by atoms with E-state index in [4.69, 9.17) is 19.9 Å². The first-order valence-electron chi connectivity index (χ1n) is 19.7. The Morgan fingerprint density at radius 2 is 0.948 bits per heavy atom. The van der Waals surface area contributed by atoms with E-state index in [0.29, 0.717) is 23.9 Å². The first-order chi connectivity index (χ1) is 28.7. The molecule has 4 nitrogen and oxygen atoms in total. The number of hydrogen-bond donors (Lipinski definition) is 0. The second kappa shape index (κ2) is 15.2. The molecular weight excluding hydrogens is 705 g/mol. The van der Waals surface area contributed by atoms with Crippen LogP contribution in [0, 0.1) is 0 Å². The van der Waals surface area contributed by atoms with Crippen molar-refractivity contribution >= 4 is 16.3 Å². The molecule has 274 valence electrons. The molecule has 0 spiro atoms. The van der Waals surface area contributed by atoms with E-state index in [9.17, 15) is 0 Å². The number of aromatic nitrogens is 4. The summed E-state index contributed by atoms with van der Waals surface area (Å²) in [7, 11) is 0. The average Bonchev–Trinajstić information content (AvgIpc) is 3.32. The standard InChI is InChI=1S/C54H38N4/c1-4-14-38(15-5-1)41-25-29-44(30-26-41)51-56-52(45-31-27-42(28-32-45)39-16-6-2-7-17-39)58-53(57-51)54(34-13-22-46(37-54)40-18-8-3-9-19-40)47-33-35-55-50(36-47)49-24-12-21-43-20-10-11-23-48(43)49/h1-36H,37H2. The molecule has 0 radical (unpaired) electrons. The Morgan fingerprint density at radius 1 is 0.431 bits per heavy atom. The highest BCUT2D eigenvalue weighted by Crippen LogP contribution is 2.45. The van der Waals surface area contributed by atoms with Crippen LogP contribution >= 0.6 is 0 Å². The lowest BCUT2D eigenvalue weighted by Gasteiger charge is -2.34. The van der Waals surface area contributed by atoms with E-state index in [1.165, 1.54) is 16.5 Å². The monoisotopic (exact) mass is 742 g/mol. The molecule has 0 N–H and O–H groups in total. The number of nitrogens with zero attached hydrogens (tertiary/aromatic N) is 4. The fraction of sp³-hybridized carbons (Fsp3) is 0.0370. The van der Waals surface area contributed by atoms with Crippen LogP contribution < -0.4 is 0 Å².